The Labute approximate surface area is 106 Å². The second kappa shape index (κ2) is 5.33. The van der Waals surface area contributed by atoms with Gasteiger partial charge in [0.05, 0.1) is 13.2 Å². The van der Waals surface area contributed by atoms with E-state index in [1.807, 2.05) is 7.05 Å². The third kappa shape index (κ3) is 2.15. The number of benzene rings is 1. The Morgan fingerprint density at radius 3 is 2.61 bits per heavy atom. The van der Waals surface area contributed by atoms with Crippen LogP contribution in [0.25, 0.3) is 0 Å². The van der Waals surface area contributed by atoms with Gasteiger partial charge in [-0.05, 0) is 37.7 Å². The second-order valence-corrected chi connectivity index (χ2v) is 4.94. The van der Waals surface area contributed by atoms with Crippen molar-refractivity contribution in [3.63, 3.8) is 0 Å². The summed E-state index contributed by atoms with van der Waals surface area (Å²) in [6, 6.07) is 3.68. The van der Waals surface area contributed by atoms with Crippen molar-refractivity contribution in [1.29, 1.82) is 0 Å². The minimum Gasteiger partial charge on any atom is -0.379 e. The molecule has 1 atom stereocenters. The standard InChI is InChI=1S/C14H19F2NO/c1-3-10(7-17-2)14(8-18-9-14)12-6-11(15)4-5-13(12)16/h4-6,10,17H,3,7-9H2,1-2H3. The Bertz CT molecular complexity index is 418. The third-order valence-electron chi connectivity index (χ3n) is 3.91. The van der Waals surface area contributed by atoms with Crippen molar-refractivity contribution in [2.75, 3.05) is 26.8 Å². The summed E-state index contributed by atoms with van der Waals surface area (Å²) in [5.74, 6) is -0.487. The van der Waals surface area contributed by atoms with E-state index in [0.717, 1.165) is 19.0 Å². The van der Waals surface area contributed by atoms with Crippen LogP contribution < -0.4 is 5.32 Å². The quantitative estimate of drug-likeness (QED) is 0.872. The first-order valence-corrected chi connectivity index (χ1v) is 6.32. The molecule has 0 bridgehead atoms. The van der Waals surface area contributed by atoms with Gasteiger partial charge in [-0.2, -0.15) is 0 Å². The molecule has 0 spiro atoms. The summed E-state index contributed by atoms with van der Waals surface area (Å²) in [5.41, 5.74) is 0.0695. The maximum absolute atomic E-state index is 14.0. The van der Waals surface area contributed by atoms with Gasteiger partial charge in [-0.25, -0.2) is 8.78 Å². The molecular weight excluding hydrogens is 236 g/mol. The van der Waals surface area contributed by atoms with Gasteiger partial charge in [0.2, 0.25) is 0 Å². The minimum atomic E-state index is -0.392. The molecule has 0 saturated carbocycles. The summed E-state index contributed by atoms with van der Waals surface area (Å²) in [7, 11) is 1.87. The van der Waals surface area contributed by atoms with Crippen LogP contribution in [0.5, 0.6) is 0 Å². The lowest BCUT2D eigenvalue weighted by molar-refractivity contribution is -0.0926. The van der Waals surface area contributed by atoms with Crippen molar-refractivity contribution in [1.82, 2.24) is 5.32 Å². The van der Waals surface area contributed by atoms with Gasteiger partial charge in [0.25, 0.3) is 0 Å². The van der Waals surface area contributed by atoms with Crippen molar-refractivity contribution >= 4 is 0 Å². The molecule has 1 saturated heterocycles. The molecule has 2 nitrogen and oxygen atoms in total. The van der Waals surface area contributed by atoms with Crippen LogP contribution in [-0.2, 0) is 10.2 Å². The van der Waals surface area contributed by atoms with Gasteiger partial charge in [0.1, 0.15) is 11.6 Å². The van der Waals surface area contributed by atoms with E-state index in [-0.39, 0.29) is 17.2 Å². The van der Waals surface area contributed by atoms with Gasteiger partial charge >= 0.3 is 0 Å². The van der Waals surface area contributed by atoms with Gasteiger partial charge in [-0.1, -0.05) is 13.3 Å². The first-order chi connectivity index (χ1) is 8.64. The molecule has 1 unspecified atom stereocenters. The van der Waals surface area contributed by atoms with Crippen molar-refractivity contribution < 1.29 is 13.5 Å². The number of rotatable bonds is 5. The number of nitrogens with one attached hydrogen (secondary N) is 1. The highest BCUT2D eigenvalue weighted by Crippen LogP contribution is 2.42. The zero-order chi connectivity index (χ0) is 13.2. The van der Waals surface area contributed by atoms with E-state index in [4.69, 9.17) is 4.74 Å². The lowest BCUT2D eigenvalue weighted by Crippen LogP contribution is -2.55. The lowest BCUT2D eigenvalue weighted by atomic mass is 9.67. The largest absolute Gasteiger partial charge is 0.379 e. The fourth-order valence-corrected chi connectivity index (χ4v) is 2.79. The van der Waals surface area contributed by atoms with E-state index in [1.54, 1.807) is 0 Å². The van der Waals surface area contributed by atoms with Gasteiger partial charge < -0.3 is 10.1 Å². The first-order valence-electron chi connectivity index (χ1n) is 6.32. The van der Waals surface area contributed by atoms with E-state index >= 15 is 0 Å². The Balaban J connectivity index is 2.39. The molecule has 1 fully saturated rings. The Morgan fingerprint density at radius 2 is 2.11 bits per heavy atom. The highest BCUT2D eigenvalue weighted by Gasteiger charge is 2.47. The highest BCUT2D eigenvalue weighted by molar-refractivity contribution is 5.31. The van der Waals surface area contributed by atoms with Crippen molar-refractivity contribution in [3.8, 4) is 0 Å². The number of hydrogen-bond donors (Lipinski definition) is 1. The Morgan fingerprint density at radius 1 is 1.39 bits per heavy atom. The molecule has 0 radical (unpaired) electrons. The molecule has 1 aliphatic rings. The molecule has 2 rings (SSSR count). The van der Waals surface area contributed by atoms with E-state index in [9.17, 15) is 8.78 Å². The maximum atomic E-state index is 14.0. The van der Waals surface area contributed by atoms with E-state index < -0.39 is 5.82 Å². The van der Waals surface area contributed by atoms with Crippen LogP contribution in [0.4, 0.5) is 8.78 Å². The Hall–Kier alpha value is -1.00. The first kappa shape index (κ1) is 13.4. The molecule has 100 valence electrons. The monoisotopic (exact) mass is 255 g/mol. The fraction of sp³-hybridized carbons (Fsp3) is 0.571. The van der Waals surface area contributed by atoms with Crippen LogP contribution in [0.2, 0.25) is 0 Å². The van der Waals surface area contributed by atoms with Crippen LogP contribution >= 0.6 is 0 Å². The molecule has 18 heavy (non-hydrogen) atoms. The van der Waals surface area contributed by atoms with E-state index in [2.05, 4.69) is 12.2 Å². The smallest absolute Gasteiger partial charge is 0.127 e. The van der Waals surface area contributed by atoms with Gasteiger partial charge in [0.15, 0.2) is 0 Å². The van der Waals surface area contributed by atoms with Gasteiger partial charge in [0, 0.05) is 11.0 Å². The van der Waals surface area contributed by atoms with Gasteiger partial charge in [-0.15, -0.1) is 0 Å². The number of halogens is 2. The number of ether oxygens (including phenoxy) is 1. The summed E-state index contributed by atoms with van der Waals surface area (Å²) in [5, 5.41) is 3.12. The maximum Gasteiger partial charge on any atom is 0.127 e. The second-order valence-electron chi connectivity index (χ2n) is 4.94. The molecule has 1 aromatic rings. The predicted molar refractivity (Wildman–Crippen MR) is 66.6 cm³/mol. The summed E-state index contributed by atoms with van der Waals surface area (Å²) in [4.78, 5) is 0. The molecule has 1 heterocycles. The van der Waals surface area contributed by atoms with Crippen LogP contribution in [0.1, 0.15) is 18.9 Å². The molecule has 1 N–H and O–H groups in total. The summed E-state index contributed by atoms with van der Waals surface area (Å²) in [6.07, 6.45) is 0.903. The highest BCUT2D eigenvalue weighted by atomic mass is 19.1. The fourth-order valence-electron chi connectivity index (χ4n) is 2.79. The normalized spacial score (nSPS) is 19.3. The predicted octanol–water partition coefficient (Wildman–Crippen LogP) is 2.48. The molecule has 0 amide bonds. The lowest BCUT2D eigenvalue weighted by Gasteiger charge is -2.47. The molecule has 0 aromatic heterocycles. The minimum absolute atomic E-state index is 0.243. The van der Waals surface area contributed by atoms with Crippen molar-refractivity contribution in [2.24, 2.45) is 5.92 Å². The summed E-state index contributed by atoms with van der Waals surface area (Å²) < 4.78 is 32.6. The SMILES string of the molecule is CCC(CNC)C1(c2cc(F)ccc2F)COC1. The van der Waals surface area contributed by atoms with Crippen LogP contribution in [0, 0.1) is 17.6 Å². The molecule has 0 aliphatic carbocycles. The topological polar surface area (TPSA) is 21.3 Å². The van der Waals surface area contributed by atoms with Crippen LogP contribution in [0.3, 0.4) is 0 Å². The molecule has 1 aliphatic heterocycles. The van der Waals surface area contributed by atoms with Crippen LogP contribution in [-0.4, -0.2) is 26.8 Å². The van der Waals surface area contributed by atoms with E-state index in [0.29, 0.717) is 18.8 Å². The van der Waals surface area contributed by atoms with E-state index in [1.165, 1.54) is 12.1 Å². The molecular formula is C14H19F2NO. The molecule has 4 heteroatoms. The average Bonchev–Trinajstić information content (AvgIpc) is 2.31. The van der Waals surface area contributed by atoms with Crippen molar-refractivity contribution in [2.45, 2.75) is 18.8 Å². The molecule has 1 aromatic carbocycles. The Kier molecular flexibility index (Phi) is 3.97. The average molecular weight is 255 g/mol. The third-order valence-corrected chi connectivity index (χ3v) is 3.91. The van der Waals surface area contributed by atoms with Crippen LogP contribution in [0.15, 0.2) is 18.2 Å². The zero-order valence-electron chi connectivity index (χ0n) is 10.8. The van der Waals surface area contributed by atoms with Gasteiger partial charge in [-0.3, -0.25) is 0 Å². The van der Waals surface area contributed by atoms with Crippen molar-refractivity contribution in [3.05, 3.63) is 35.4 Å². The summed E-state index contributed by atoms with van der Waals surface area (Å²) >= 11 is 0. The number of hydrogen-bond acceptors (Lipinski definition) is 2. The zero-order valence-corrected chi connectivity index (χ0v) is 10.8. The summed E-state index contributed by atoms with van der Waals surface area (Å²) in [6.45, 7) is 3.77.